The lowest BCUT2D eigenvalue weighted by Gasteiger charge is -1.98. The first-order valence-corrected chi connectivity index (χ1v) is 6.81. The molecule has 0 fully saturated rings. The van der Waals surface area contributed by atoms with Crippen LogP contribution in [0, 0.1) is 29.6 Å². The zero-order chi connectivity index (χ0) is 16.2. The molecule has 6 nitrogen and oxygen atoms in total. The van der Waals surface area contributed by atoms with Gasteiger partial charge in [0.25, 0.3) is 0 Å². The zero-order valence-electron chi connectivity index (χ0n) is 12.2. The largest absolute Gasteiger partial charge is 0.436 e. The molecule has 1 N–H and O–H groups in total. The first-order valence-electron chi connectivity index (χ1n) is 6.81. The maximum atomic E-state index is 8.66. The van der Waals surface area contributed by atoms with E-state index in [1.54, 1.807) is 30.3 Å². The van der Waals surface area contributed by atoms with Crippen molar-refractivity contribution in [2.75, 3.05) is 5.43 Å². The van der Waals surface area contributed by atoms with Crippen LogP contribution in [0.25, 0.3) is 22.6 Å². The second-order valence-corrected chi connectivity index (χ2v) is 4.87. The van der Waals surface area contributed by atoms with E-state index in [-0.39, 0.29) is 5.71 Å². The van der Waals surface area contributed by atoms with Gasteiger partial charge in [0, 0.05) is 11.6 Å². The highest BCUT2D eigenvalue weighted by Gasteiger charge is 2.09. The smallest absolute Gasteiger partial charge is 0.237 e. The molecule has 0 bridgehead atoms. The summed E-state index contributed by atoms with van der Waals surface area (Å²) in [5.41, 5.74) is 6.36. The van der Waals surface area contributed by atoms with Gasteiger partial charge < -0.3 is 4.42 Å². The van der Waals surface area contributed by atoms with Crippen LogP contribution >= 0.6 is 0 Å². The van der Waals surface area contributed by atoms with E-state index in [9.17, 15) is 0 Å². The van der Waals surface area contributed by atoms with Gasteiger partial charge in [0.15, 0.2) is 5.58 Å². The maximum Gasteiger partial charge on any atom is 0.237 e. The molecule has 6 heteroatoms. The van der Waals surface area contributed by atoms with Crippen LogP contribution in [0.5, 0.6) is 0 Å². The van der Waals surface area contributed by atoms with Gasteiger partial charge >= 0.3 is 0 Å². The van der Waals surface area contributed by atoms with Crippen molar-refractivity contribution in [3.63, 3.8) is 0 Å². The minimum Gasteiger partial charge on any atom is -0.436 e. The fourth-order valence-electron chi connectivity index (χ4n) is 2.09. The Balaban J connectivity index is 1.94. The van der Waals surface area contributed by atoms with Crippen LogP contribution in [0.4, 0.5) is 5.69 Å². The molecule has 2 aromatic carbocycles. The van der Waals surface area contributed by atoms with Gasteiger partial charge in [-0.2, -0.15) is 15.6 Å². The Morgan fingerprint density at radius 1 is 1.17 bits per heavy atom. The van der Waals surface area contributed by atoms with Crippen molar-refractivity contribution in [1.29, 1.82) is 10.5 Å². The summed E-state index contributed by atoms with van der Waals surface area (Å²) in [6, 6.07) is 16.5. The van der Waals surface area contributed by atoms with E-state index in [0.717, 1.165) is 16.6 Å². The van der Waals surface area contributed by atoms with E-state index >= 15 is 0 Å². The molecule has 3 rings (SSSR count). The van der Waals surface area contributed by atoms with E-state index in [1.807, 2.05) is 31.2 Å². The molecule has 23 heavy (non-hydrogen) atoms. The van der Waals surface area contributed by atoms with Crippen molar-refractivity contribution >= 4 is 22.5 Å². The molecule has 0 amide bonds. The van der Waals surface area contributed by atoms with Crippen molar-refractivity contribution in [3.8, 4) is 23.6 Å². The molecular formula is C17H11N5O. The van der Waals surface area contributed by atoms with Crippen LogP contribution in [0.2, 0.25) is 0 Å². The molecule has 0 saturated heterocycles. The minimum absolute atomic E-state index is 0.247. The number of aromatic nitrogens is 1. The van der Waals surface area contributed by atoms with Crippen LogP contribution in [0.15, 0.2) is 52.0 Å². The predicted molar refractivity (Wildman–Crippen MR) is 86.5 cm³/mol. The molecule has 3 aromatic rings. The average molecular weight is 301 g/mol. The zero-order valence-corrected chi connectivity index (χ0v) is 12.2. The third kappa shape index (κ3) is 3.02. The minimum atomic E-state index is -0.247. The molecule has 1 heterocycles. The maximum absolute atomic E-state index is 8.66. The number of hydrogen-bond donors (Lipinski definition) is 1. The molecule has 0 aliphatic heterocycles. The summed E-state index contributed by atoms with van der Waals surface area (Å²) in [5, 5.41) is 21.0. The SMILES string of the molecule is Cc1cccc(-c2nc3ccc(NN=C(C#N)C#N)cc3o2)c1. The van der Waals surface area contributed by atoms with Crippen molar-refractivity contribution in [1.82, 2.24) is 4.98 Å². The van der Waals surface area contributed by atoms with Crippen LogP contribution in [-0.2, 0) is 0 Å². The Kier molecular flexibility index (Phi) is 3.73. The van der Waals surface area contributed by atoms with E-state index in [1.165, 1.54) is 0 Å². The quantitative estimate of drug-likeness (QED) is 0.588. The second kappa shape index (κ2) is 6.00. The molecule has 0 atom stereocenters. The lowest BCUT2D eigenvalue weighted by atomic mass is 10.1. The van der Waals surface area contributed by atoms with Crippen LogP contribution < -0.4 is 5.43 Å². The number of nitriles is 2. The first-order chi connectivity index (χ1) is 11.2. The van der Waals surface area contributed by atoms with E-state index in [0.29, 0.717) is 17.2 Å². The van der Waals surface area contributed by atoms with Gasteiger partial charge in [-0.3, -0.25) is 5.43 Å². The monoisotopic (exact) mass is 301 g/mol. The van der Waals surface area contributed by atoms with Crippen molar-refractivity contribution < 1.29 is 4.42 Å². The lowest BCUT2D eigenvalue weighted by Crippen LogP contribution is -1.95. The number of nitrogens with zero attached hydrogens (tertiary/aromatic N) is 4. The molecule has 0 aliphatic carbocycles. The van der Waals surface area contributed by atoms with Gasteiger partial charge in [0.2, 0.25) is 11.6 Å². The summed E-state index contributed by atoms with van der Waals surface area (Å²) in [6.45, 7) is 2.01. The molecule has 0 saturated carbocycles. The number of rotatable bonds is 3. The Labute approximate surface area is 132 Å². The van der Waals surface area contributed by atoms with Crippen LogP contribution in [-0.4, -0.2) is 10.7 Å². The summed E-state index contributed by atoms with van der Waals surface area (Å²) in [6.07, 6.45) is 0. The summed E-state index contributed by atoms with van der Waals surface area (Å²) in [7, 11) is 0. The van der Waals surface area contributed by atoms with Gasteiger partial charge in [0.1, 0.15) is 17.7 Å². The molecule has 110 valence electrons. The average Bonchev–Trinajstić information content (AvgIpc) is 2.99. The van der Waals surface area contributed by atoms with Gasteiger partial charge in [-0.25, -0.2) is 4.98 Å². The van der Waals surface area contributed by atoms with Gasteiger partial charge in [-0.15, -0.1) is 0 Å². The fraction of sp³-hybridized carbons (Fsp3) is 0.0588. The Hall–Kier alpha value is -3.64. The topological polar surface area (TPSA) is 98.0 Å². The Morgan fingerprint density at radius 3 is 2.74 bits per heavy atom. The summed E-state index contributed by atoms with van der Waals surface area (Å²) < 4.78 is 5.78. The summed E-state index contributed by atoms with van der Waals surface area (Å²) >= 11 is 0. The predicted octanol–water partition coefficient (Wildman–Crippen LogP) is 3.62. The van der Waals surface area contributed by atoms with Gasteiger partial charge in [-0.1, -0.05) is 17.7 Å². The van der Waals surface area contributed by atoms with Crippen LogP contribution in [0.3, 0.4) is 0 Å². The molecule has 0 unspecified atom stereocenters. The number of aryl methyl sites for hydroxylation is 1. The van der Waals surface area contributed by atoms with Gasteiger partial charge in [0.05, 0.1) is 5.69 Å². The van der Waals surface area contributed by atoms with E-state index in [2.05, 4.69) is 15.5 Å². The summed E-state index contributed by atoms with van der Waals surface area (Å²) in [4.78, 5) is 4.46. The number of hydrazone groups is 1. The number of anilines is 1. The second-order valence-electron chi connectivity index (χ2n) is 4.87. The normalized spacial score (nSPS) is 9.87. The number of fused-ring (bicyclic) bond motifs is 1. The standard InChI is InChI=1S/C17H11N5O/c1-11-3-2-4-12(7-11)17-20-15-6-5-13(8-16(15)23-17)21-22-14(9-18)10-19/h2-8,21H,1H3. The Morgan fingerprint density at radius 2 is 2.00 bits per heavy atom. The molecular weight excluding hydrogens is 290 g/mol. The highest BCUT2D eigenvalue weighted by atomic mass is 16.3. The van der Waals surface area contributed by atoms with E-state index < -0.39 is 0 Å². The van der Waals surface area contributed by atoms with Gasteiger partial charge in [-0.05, 0) is 31.2 Å². The summed E-state index contributed by atoms with van der Waals surface area (Å²) in [5.74, 6) is 0.541. The lowest BCUT2D eigenvalue weighted by molar-refractivity contribution is 0.620. The van der Waals surface area contributed by atoms with Crippen molar-refractivity contribution in [2.24, 2.45) is 5.10 Å². The first kappa shape index (κ1) is 14.3. The molecule has 0 spiro atoms. The molecule has 1 aromatic heterocycles. The fourth-order valence-corrected chi connectivity index (χ4v) is 2.09. The number of nitrogens with one attached hydrogen (secondary N) is 1. The van der Waals surface area contributed by atoms with Crippen LogP contribution in [0.1, 0.15) is 5.56 Å². The number of benzene rings is 2. The van der Waals surface area contributed by atoms with Crippen molar-refractivity contribution in [2.45, 2.75) is 6.92 Å². The Bertz CT molecular complexity index is 972. The molecule has 0 radical (unpaired) electrons. The highest BCUT2D eigenvalue weighted by Crippen LogP contribution is 2.26. The number of oxazole rings is 1. The third-order valence-corrected chi connectivity index (χ3v) is 3.16. The highest BCUT2D eigenvalue weighted by molar-refractivity contribution is 6.10. The number of hydrogen-bond acceptors (Lipinski definition) is 6. The van der Waals surface area contributed by atoms with E-state index in [4.69, 9.17) is 14.9 Å². The van der Waals surface area contributed by atoms with Crippen molar-refractivity contribution in [3.05, 3.63) is 48.0 Å². The third-order valence-electron chi connectivity index (χ3n) is 3.16. The molecule has 0 aliphatic rings.